The fourth-order valence-electron chi connectivity index (χ4n) is 2.10. The highest BCUT2D eigenvalue weighted by Gasteiger charge is 2.37. The second-order valence-corrected chi connectivity index (χ2v) is 5.57. The van der Waals surface area contributed by atoms with Gasteiger partial charge in [-0.1, -0.05) is 6.92 Å². The lowest BCUT2D eigenvalue weighted by atomic mass is 9.74. The summed E-state index contributed by atoms with van der Waals surface area (Å²) < 4.78 is 5.33. The van der Waals surface area contributed by atoms with Crippen molar-refractivity contribution in [2.75, 3.05) is 31.3 Å². The molecule has 15 heavy (non-hydrogen) atoms. The van der Waals surface area contributed by atoms with Crippen LogP contribution in [0.2, 0.25) is 0 Å². The highest BCUT2D eigenvalue weighted by atomic mass is 32.2. The number of aliphatic hydroxyl groups is 1. The standard InChI is InChI=1S/C11H23NO2S/c1-2-15-8-3-10(13)11(9-12)4-6-14-7-5-11/h10,13H,2-9,12H2,1H3. The molecular weight excluding hydrogens is 210 g/mol. The van der Waals surface area contributed by atoms with Crippen LogP contribution in [0.15, 0.2) is 0 Å². The van der Waals surface area contributed by atoms with Crippen LogP contribution in [-0.4, -0.2) is 42.5 Å². The van der Waals surface area contributed by atoms with Gasteiger partial charge in [-0.2, -0.15) is 11.8 Å². The van der Waals surface area contributed by atoms with E-state index < -0.39 is 0 Å². The molecule has 0 aromatic carbocycles. The molecule has 1 aliphatic heterocycles. The Morgan fingerprint density at radius 1 is 1.47 bits per heavy atom. The maximum absolute atomic E-state index is 10.2. The molecule has 0 amide bonds. The lowest BCUT2D eigenvalue weighted by Gasteiger charge is -2.40. The molecule has 4 heteroatoms. The van der Waals surface area contributed by atoms with Gasteiger partial charge in [-0.05, 0) is 30.8 Å². The zero-order valence-electron chi connectivity index (χ0n) is 9.58. The molecule has 0 aliphatic carbocycles. The van der Waals surface area contributed by atoms with Crippen molar-refractivity contribution in [2.24, 2.45) is 11.1 Å². The second kappa shape index (κ2) is 6.74. The van der Waals surface area contributed by atoms with Gasteiger partial charge in [0.25, 0.3) is 0 Å². The molecule has 1 saturated heterocycles. The van der Waals surface area contributed by atoms with E-state index in [4.69, 9.17) is 10.5 Å². The van der Waals surface area contributed by atoms with E-state index in [1.54, 1.807) is 0 Å². The highest BCUT2D eigenvalue weighted by Crippen LogP contribution is 2.34. The van der Waals surface area contributed by atoms with Crippen LogP contribution in [0.4, 0.5) is 0 Å². The minimum Gasteiger partial charge on any atom is -0.392 e. The predicted octanol–water partition coefficient (Wildman–Crippen LogP) is 1.25. The van der Waals surface area contributed by atoms with Crippen LogP contribution in [-0.2, 0) is 4.74 Å². The van der Waals surface area contributed by atoms with Gasteiger partial charge in [-0.25, -0.2) is 0 Å². The molecule has 3 nitrogen and oxygen atoms in total. The SMILES string of the molecule is CCSCCC(O)C1(CN)CCOCC1. The summed E-state index contributed by atoms with van der Waals surface area (Å²) in [5.74, 6) is 2.14. The van der Waals surface area contributed by atoms with Gasteiger partial charge in [0.2, 0.25) is 0 Å². The minimum atomic E-state index is -0.259. The normalized spacial score (nSPS) is 22.6. The third-order valence-electron chi connectivity index (χ3n) is 3.34. The van der Waals surface area contributed by atoms with Crippen LogP contribution in [0.25, 0.3) is 0 Å². The van der Waals surface area contributed by atoms with E-state index in [9.17, 15) is 5.11 Å². The maximum atomic E-state index is 10.2. The molecule has 0 aromatic rings. The van der Waals surface area contributed by atoms with E-state index in [0.717, 1.165) is 44.0 Å². The van der Waals surface area contributed by atoms with Crippen LogP contribution in [0.3, 0.4) is 0 Å². The molecule has 1 heterocycles. The van der Waals surface area contributed by atoms with Crippen molar-refractivity contribution in [2.45, 2.75) is 32.3 Å². The number of ether oxygens (including phenoxy) is 1. The first-order valence-electron chi connectivity index (χ1n) is 5.79. The van der Waals surface area contributed by atoms with Gasteiger partial charge in [0.05, 0.1) is 6.10 Å². The number of nitrogens with two attached hydrogens (primary N) is 1. The number of aliphatic hydroxyl groups excluding tert-OH is 1. The van der Waals surface area contributed by atoms with Crippen molar-refractivity contribution < 1.29 is 9.84 Å². The number of rotatable bonds is 6. The summed E-state index contributed by atoms with van der Waals surface area (Å²) >= 11 is 1.88. The molecule has 1 fully saturated rings. The van der Waals surface area contributed by atoms with Crippen molar-refractivity contribution in [1.82, 2.24) is 0 Å². The molecule has 0 spiro atoms. The largest absolute Gasteiger partial charge is 0.392 e. The first kappa shape index (κ1) is 13.3. The fourth-order valence-corrected chi connectivity index (χ4v) is 2.78. The van der Waals surface area contributed by atoms with Crippen molar-refractivity contribution in [1.29, 1.82) is 0 Å². The summed E-state index contributed by atoms with van der Waals surface area (Å²) in [4.78, 5) is 0. The molecule has 1 unspecified atom stereocenters. The molecule has 0 aromatic heterocycles. The van der Waals surface area contributed by atoms with Crippen LogP contribution < -0.4 is 5.73 Å². The van der Waals surface area contributed by atoms with Gasteiger partial charge in [-0.3, -0.25) is 0 Å². The third kappa shape index (κ3) is 3.63. The third-order valence-corrected chi connectivity index (χ3v) is 4.27. The fraction of sp³-hybridized carbons (Fsp3) is 1.00. The van der Waals surface area contributed by atoms with Crippen LogP contribution >= 0.6 is 11.8 Å². The topological polar surface area (TPSA) is 55.5 Å². The van der Waals surface area contributed by atoms with Crippen LogP contribution in [0, 0.1) is 5.41 Å². The van der Waals surface area contributed by atoms with Crippen molar-refractivity contribution >= 4 is 11.8 Å². The summed E-state index contributed by atoms with van der Waals surface area (Å²) in [5.41, 5.74) is 5.74. The molecule has 90 valence electrons. The Bertz CT molecular complexity index is 172. The zero-order chi connectivity index (χ0) is 11.1. The number of thioether (sulfide) groups is 1. The zero-order valence-corrected chi connectivity index (χ0v) is 10.4. The number of hydrogen-bond donors (Lipinski definition) is 2. The van der Waals surface area contributed by atoms with Gasteiger partial charge < -0.3 is 15.6 Å². The highest BCUT2D eigenvalue weighted by molar-refractivity contribution is 7.99. The maximum Gasteiger partial charge on any atom is 0.0618 e. The van der Waals surface area contributed by atoms with E-state index in [2.05, 4.69) is 6.92 Å². The Kier molecular flexibility index (Phi) is 5.97. The van der Waals surface area contributed by atoms with E-state index in [1.165, 1.54) is 0 Å². The molecule has 1 atom stereocenters. The average molecular weight is 233 g/mol. The van der Waals surface area contributed by atoms with Gasteiger partial charge >= 0.3 is 0 Å². The molecule has 0 bridgehead atoms. The Balaban J connectivity index is 2.40. The summed E-state index contributed by atoms with van der Waals surface area (Å²) in [6.45, 7) is 4.21. The summed E-state index contributed by atoms with van der Waals surface area (Å²) in [6, 6.07) is 0. The molecule has 0 saturated carbocycles. The van der Waals surface area contributed by atoms with Gasteiger partial charge in [0.15, 0.2) is 0 Å². The van der Waals surface area contributed by atoms with E-state index in [0.29, 0.717) is 6.54 Å². The number of hydrogen-bond acceptors (Lipinski definition) is 4. The van der Waals surface area contributed by atoms with E-state index in [1.807, 2.05) is 11.8 Å². The predicted molar refractivity (Wildman–Crippen MR) is 65.2 cm³/mol. The Morgan fingerprint density at radius 2 is 2.13 bits per heavy atom. The molecule has 1 aliphatic rings. The summed E-state index contributed by atoms with van der Waals surface area (Å²) in [7, 11) is 0. The van der Waals surface area contributed by atoms with Crippen LogP contribution in [0.1, 0.15) is 26.2 Å². The second-order valence-electron chi connectivity index (χ2n) is 4.18. The smallest absolute Gasteiger partial charge is 0.0618 e. The quantitative estimate of drug-likeness (QED) is 0.678. The first-order chi connectivity index (χ1) is 7.25. The van der Waals surface area contributed by atoms with E-state index >= 15 is 0 Å². The van der Waals surface area contributed by atoms with E-state index in [-0.39, 0.29) is 11.5 Å². The molecule has 0 radical (unpaired) electrons. The van der Waals surface area contributed by atoms with Crippen LogP contribution in [0.5, 0.6) is 0 Å². The van der Waals surface area contributed by atoms with Gasteiger partial charge in [0, 0.05) is 25.2 Å². The first-order valence-corrected chi connectivity index (χ1v) is 6.94. The van der Waals surface area contributed by atoms with Crippen molar-refractivity contribution in [3.63, 3.8) is 0 Å². The average Bonchev–Trinajstić information content (AvgIpc) is 2.30. The summed E-state index contributed by atoms with van der Waals surface area (Å²) in [5, 5.41) is 10.2. The Labute approximate surface area is 96.8 Å². The molecular formula is C11H23NO2S. The minimum absolute atomic E-state index is 0.0768. The van der Waals surface area contributed by atoms with Crippen molar-refractivity contribution in [3.8, 4) is 0 Å². The summed E-state index contributed by atoms with van der Waals surface area (Å²) in [6.07, 6.45) is 2.41. The Morgan fingerprint density at radius 3 is 2.67 bits per heavy atom. The monoisotopic (exact) mass is 233 g/mol. The lowest BCUT2D eigenvalue weighted by Crippen LogP contribution is -2.46. The lowest BCUT2D eigenvalue weighted by molar-refractivity contribution is -0.0569. The van der Waals surface area contributed by atoms with Crippen molar-refractivity contribution in [3.05, 3.63) is 0 Å². The Hall–Kier alpha value is 0.230. The van der Waals surface area contributed by atoms with Gasteiger partial charge in [-0.15, -0.1) is 0 Å². The van der Waals surface area contributed by atoms with Gasteiger partial charge in [0.1, 0.15) is 0 Å². The molecule has 1 rings (SSSR count). The molecule has 3 N–H and O–H groups in total.